The molecule has 0 aromatic heterocycles. The lowest BCUT2D eigenvalue weighted by Crippen LogP contribution is -2.36. The average Bonchev–Trinajstić information content (AvgIpc) is 2.70. The Hall–Kier alpha value is -2.59. The minimum atomic E-state index is -4.36. The zero-order chi connectivity index (χ0) is 22.2. The summed E-state index contributed by atoms with van der Waals surface area (Å²) >= 11 is 0. The maximum Gasteiger partial charge on any atom is 0.416 e. The predicted octanol–water partition coefficient (Wildman–Crippen LogP) is 3.01. The van der Waals surface area contributed by atoms with Gasteiger partial charge in [0.15, 0.2) is 5.96 Å². The lowest BCUT2D eigenvalue weighted by molar-refractivity contribution is -0.137. The van der Waals surface area contributed by atoms with Crippen molar-refractivity contribution in [2.75, 3.05) is 13.6 Å². The molecule has 0 saturated carbocycles. The smallest absolute Gasteiger partial charge is 0.357 e. The number of hydrogen-bond acceptors (Lipinski definition) is 3. The molecule has 6 nitrogen and oxygen atoms in total. The number of nitrogens with zero attached hydrogens (tertiary/aromatic N) is 1. The Labute approximate surface area is 174 Å². The SMILES string of the molecule is CCNC(=NCc1ccc(C(F)(F)F)cc1)NCc1ccc(CS(=O)(=O)NC)cc1. The highest BCUT2D eigenvalue weighted by atomic mass is 32.2. The Bertz CT molecular complexity index is 942. The van der Waals surface area contributed by atoms with Gasteiger partial charge in [0, 0.05) is 13.1 Å². The van der Waals surface area contributed by atoms with E-state index >= 15 is 0 Å². The van der Waals surface area contributed by atoms with E-state index in [1.807, 2.05) is 19.1 Å². The fourth-order valence-corrected chi connectivity index (χ4v) is 3.32. The van der Waals surface area contributed by atoms with Gasteiger partial charge < -0.3 is 10.6 Å². The van der Waals surface area contributed by atoms with E-state index in [-0.39, 0.29) is 12.3 Å². The van der Waals surface area contributed by atoms with Crippen molar-refractivity contribution in [1.29, 1.82) is 0 Å². The average molecular weight is 443 g/mol. The van der Waals surface area contributed by atoms with Gasteiger partial charge in [0.2, 0.25) is 10.0 Å². The molecule has 0 aliphatic carbocycles. The van der Waals surface area contributed by atoms with E-state index in [4.69, 9.17) is 0 Å². The lowest BCUT2D eigenvalue weighted by atomic mass is 10.1. The van der Waals surface area contributed by atoms with Crippen LogP contribution in [0, 0.1) is 0 Å². The molecule has 10 heteroatoms. The third-order valence-corrected chi connectivity index (χ3v) is 5.53. The number of rotatable bonds is 8. The summed E-state index contributed by atoms with van der Waals surface area (Å²) in [6.07, 6.45) is -4.36. The Balaban J connectivity index is 1.96. The number of alkyl halides is 3. The molecule has 0 amide bonds. The first kappa shape index (κ1) is 23.7. The van der Waals surface area contributed by atoms with E-state index in [0.29, 0.717) is 30.2 Å². The summed E-state index contributed by atoms with van der Waals surface area (Å²) in [6, 6.07) is 12.1. The van der Waals surface area contributed by atoms with Crippen molar-refractivity contribution < 1.29 is 21.6 Å². The number of nitrogens with one attached hydrogen (secondary N) is 3. The Kier molecular flexibility index (Phi) is 8.24. The molecular formula is C20H25F3N4O2S. The predicted molar refractivity (Wildman–Crippen MR) is 111 cm³/mol. The van der Waals surface area contributed by atoms with Gasteiger partial charge in [0.05, 0.1) is 17.9 Å². The second-order valence-corrected chi connectivity index (χ2v) is 8.45. The Morgan fingerprint density at radius 1 is 0.933 bits per heavy atom. The number of aliphatic imine (C=N–C) groups is 1. The molecule has 0 bridgehead atoms. The van der Waals surface area contributed by atoms with Crippen LogP contribution in [0.5, 0.6) is 0 Å². The van der Waals surface area contributed by atoms with Crippen LogP contribution in [0.4, 0.5) is 13.2 Å². The molecule has 0 aliphatic heterocycles. The normalized spacial score (nSPS) is 12.6. The second-order valence-electron chi connectivity index (χ2n) is 6.52. The van der Waals surface area contributed by atoms with Crippen molar-refractivity contribution in [3.8, 4) is 0 Å². The molecular weight excluding hydrogens is 417 g/mol. The molecule has 0 spiro atoms. The van der Waals surface area contributed by atoms with E-state index in [2.05, 4.69) is 20.3 Å². The van der Waals surface area contributed by atoms with Gasteiger partial charge in [0.1, 0.15) is 0 Å². The highest BCUT2D eigenvalue weighted by molar-refractivity contribution is 7.88. The molecule has 0 aliphatic rings. The minimum Gasteiger partial charge on any atom is -0.357 e. The molecule has 30 heavy (non-hydrogen) atoms. The van der Waals surface area contributed by atoms with Gasteiger partial charge in [-0.1, -0.05) is 36.4 Å². The van der Waals surface area contributed by atoms with Gasteiger partial charge in [-0.25, -0.2) is 18.1 Å². The summed E-state index contributed by atoms with van der Waals surface area (Å²) in [5, 5.41) is 6.23. The van der Waals surface area contributed by atoms with Crippen molar-refractivity contribution in [2.24, 2.45) is 4.99 Å². The van der Waals surface area contributed by atoms with Gasteiger partial charge >= 0.3 is 6.18 Å². The van der Waals surface area contributed by atoms with Crippen LogP contribution in [-0.4, -0.2) is 28.0 Å². The Morgan fingerprint density at radius 3 is 2.03 bits per heavy atom. The minimum absolute atomic E-state index is 0.0889. The molecule has 164 valence electrons. The van der Waals surface area contributed by atoms with Crippen LogP contribution in [-0.2, 0) is 35.0 Å². The van der Waals surface area contributed by atoms with Crippen LogP contribution < -0.4 is 15.4 Å². The highest BCUT2D eigenvalue weighted by Gasteiger charge is 2.29. The van der Waals surface area contributed by atoms with Crippen LogP contribution in [0.2, 0.25) is 0 Å². The lowest BCUT2D eigenvalue weighted by Gasteiger charge is -2.12. The number of halogens is 3. The fraction of sp³-hybridized carbons (Fsp3) is 0.350. The summed E-state index contributed by atoms with van der Waals surface area (Å²) in [5.41, 5.74) is 1.58. The van der Waals surface area contributed by atoms with E-state index in [1.54, 1.807) is 12.1 Å². The monoisotopic (exact) mass is 442 g/mol. The van der Waals surface area contributed by atoms with Crippen molar-refractivity contribution in [1.82, 2.24) is 15.4 Å². The molecule has 0 unspecified atom stereocenters. The molecule has 0 saturated heterocycles. The van der Waals surface area contributed by atoms with Gasteiger partial charge in [0.25, 0.3) is 0 Å². The topological polar surface area (TPSA) is 82.6 Å². The zero-order valence-corrected chi connectivity index (χ0v) is 17.6. The van der Waals surface area contributed by atoms with Crippen LogP contribution in [0.1, 0.15) is 29.2 Å². The van der Waals surface area contributed by atoms with Gasteiger partial charge in [-0.3, -0.25) is 0 Å². The van der Waals surface area contributed by atoms with Gasteiger partial charge in [-0.2, -0.15) is 13.2 Å². The molecule has 2 rings (SSSR count). The first-order valence-corrected chi connectivity index (χ1v) is 11.0. The number of sulfonamides is 1. The summed E-state index contributed by atoms with van der Waals surface area (Å²) in [7, 11) is -1.95. The number of guanidine groups is 1. The summed E-state index contributed by atoms with van der Waals surface area (Å²) < 4.78 is 63.4. The first-order chi connectivity index (χ1) is 14.1. The van der Waals surface area contributed by atoms with E-state index in [1.165, 1.54) is 19.2 Å². The molecule has 0 atom stereocenters. The van der Waals surface area contributed by atoms with Crippen LogP contribution in [0.15, 0.2) is 53.5 Å². The largest absolute Gasteiger partial charge is 0.416 e. The van der Waals surface area contributed by atoms with Crippen LogP contribution in [0.3, 0.4) is 0 Å². The third-order valence-electron chi connectivity index (χ3n) is 4.20. The standard InChI is InChI=1S/C20H25F3N4O2S/c1-3-25-19(27-13-16-8-10-18(11-9-16)20(21,22)23)26-12-15-4-6-17(7-5-15)14-30(28,29)24-2/h4-11,24H,3,12-14H2,1-2H3,(H2,25,26,27). The number of benzene rings is 2. The maximum absolute atomic E-state index is 12.6. The first-order valence-electron chi connectivity index (χ1n) is 9.30. The van der Waals surface area contributed by atoms with Crippen LogP contribution >= 0.6 is 0 Å². The number of hydrogen-bond donors (Lipinski definition) is 3. The summed E-state index contributed by atoms with van der Waals surface area (Å²) in [6.45, 7) is 3.22. The third kappa shape index (κ3) is 7.68. The van der Waals surface area contributed by atoms with E-state index in [9.17, 15) is 21.6 Å². The van der Waals surface area contributed by atoms with Crippen molar-refractivity contribution in [3.63, 3.8) is 0 Å². The summed E-state index contributed by atoms with van der Waals surface area (Å²) in [5.74, 6) is 0.438. The van der Waals surface area contributed by atoms with Crippen molar-refractivity contribution in [3.05, 3.63) is 70.8 Å². The van der Waals surface area contributed by atoms with Crippen molar-refractivity contribution in [2.45, 2.75) is 31.9 Å². The zero-order valence-electron chi connectivity index (χ0n) is 16.8. The van der Waals surface area contributed by atoms with Gasteiger partial charge in [-0.05, 0) is 42.8 Å². The fourth-order valence-electron chi connectivity index (χ4n) is 2.54. The highest BCUT2D eigenvalue weighted by Crippen LogP contribution is 2.29. The second kappa shape index (κ2) is 10.4. The van der Waals surface area contributed by atoms with Gasteiger partial charge in [-0.15, -0.1) is 0 Å². The van der Waals surface area contributed by atoms with Crippen LogP contribution in [0.25, 0.3) is 0 Å². The molecule has 2 aromatic rings. The molecule has 3 N–H and O–H groups in total. The maximum atomic E-state index is 12.6. The molecule has 0 radical (unpaired) electrons. The summed E-state index contributed by atoms with van der Waals surface area (Å²) in [4.78, 5) is 4.39. The molecule has 0 heterocycles. The molecule has 2 aromatic carbocycles. The van der Waals surface area contributed by atoms with E-state index in [0.717, 1.165) is 17.7 Å². The Morgan fingerprint density at radius 2 is 1.50 bits per heavy atom. The van der Waals surface area contributed by atoms with E-state index < -0.39 is 21.8 Å². The van der Waals surface area contributed by atoms with Crippen molar-refractivity contribution >= 4 is 16.0 Å². The molecule has 0 fully saturated rings. The quantitative estimate of drug-likeness (QED) is 0.434.